The Balaban J connectivity index is 1.86. The molecule has 1 fully saturated rings. The molecule has 2 unspecified atom stereocenters. The summed E-state index contributed by atoms with van der Waals surface area (Å²) in [5, 5.41) is 6.78. The Labute approximate surface area is 164 Å². The Bertz CT molecular complexity index is 626. The van der Waals surface area contributed by atoms with E-state index in [1.807, 2.05) is 18.2 Å². The van der Waals surface area contributed by atoms with Gasteiger partial charge in [-0.1, -0.05) is 31.9 Å². The number of hydrogen-bond acceptors (Lipinski definition) is 2. The second-order valence-corrected chi connectivity index (χ2v) is 7.93. The number of benzene rings is 1. The van der Waals surface area contributed by atoms with E-state index in [0.717, 1.165) is 55.0 Å². The summed E-state index contributed by atoms with van der Waals surface area (Å²) < 4.78 is 0. The van der Waals surface area contributed by atoms with Gasteiger partial charge in [-0.05, 0) is 55.7 Å². The molecular formula is C22H36N4O. The minimum absolute atomic E-state index is 0.0430. The van der Waals surface area contributed by atoms with Gasteiger partial charge in [0, 0.05) is 39.3 Å². The van der Waals surface area contributed by atoms with Crippen LogP contribution in [0.25, 0.3) is 0 Å². The largest absolute Gasteiger partial charge is 0.357 e. The van der Waals surface area contributed by atoms with Crippen LogP contribution in [-0.2, 0) is 6.42 Å². The molecule has 0 saturated heterocycles. The minimum Gasteiger partial charge on any atom is -0.357 e. The zero-order valence-corrected chi connectivity index (χ0v) is 17.4. The molecule has 2 atom stereocenters. The molecule has 1 saturated carbocycles. The molecule has 0 heterocycles. The number of nitrogens with one attached hydrogen (secondary N) is 2. The van der Waals surface area contributed by atoms with E-state index in [-0.39, 0.29) is 5.91 Å². The van der Waals surface area contributed by atoms with Crippen LogP contribution in [-0.4, -0.2) is 50.5 Å². The fourth-order valence-electron chi connectivity index (χ4n) is 3.73. The van der Waals surface area contributed by atoms with E-state index >= 15 is 0 Å². The van der Waals surface area contributed by atoms with Crippen molar-refractivity contribution in [1.82, 2.24) is 15.5 Å². The lowest BCUT2D eigenvalue weighted by atomic mass is 9.82. The number of nitrogens with zero attached hydrogens (tertiary/aromatic N) is 2. The van der Waals surface area contributed by atoms with Crippen molar-refractivity contribution >= 4 is 11.9 Å². The molecule has 5 nitrogen and oxygen atoms in total. The van der Waals surface area contributed by atoms with Crippen molar-refractivity contribution < 1.29 is 4.79 Å². The topological polar surface area (TPSA) is 56.7 Å². The lowest BCUT2D eigenvalue weighted by molar-refractivity contribution is 0.0827. The molecule has 2 rings (SSSR count). The minimum atomic E-state index is 0.0430. The van der Waals surface area contributed by atoms with Gasteiger partial charge in [0.05, 0.1) is 0 Å². The van der Waals surface area contributed by atoms with E-state index in [0.29, 0.717) is 0 Å². The van der Waals surface area contributed by atoms with Crippen molar-refractivity contribution in [2.45, 2.75) is 46.0 Å². The van der Waals surface area contributed by atoms with Crippen molar-refractivity contribution in [1.29, 1.82) is 0 Å². The van der Waals surface area contributed by atoms with Crippen LogP contribution in [0.2, 0.25) is 0 Å². The van der Waals surface area contributed by atoms with E-state index < -0.39 is 0 Å². The van der Waals surface area contributed by atoms with Crippen molar-refractivity contribution in [3.8, 4) is 0 Å². The number of hydrogen-bond donors (Lipinski definition) is 2. The highest BCUT2D eigenvalue weighted by Crippen LogP contribution is 2.28. The molecule has 0 spiro atoms. The van der Waals surface area contributed by atoms with E-state index in [1.54, 1.807) is 19.0 Å². The second-order valence-electron chi connectivity index (χ2n) is 7.93. The van der Waals surface area contributed by atoms with Gasteiger partial charge in [-0.15, -0.1) is 0 Å². The zero-order chi connectivity index (χ0) is 19.6. The third-order valence-corrected chi connectivity index (χ3v) is 5.18. The Hall–Kier alpha value is -2.04. The van der Waals surface area contributed by atoms with Gasteiger partial charge in [0.1, 0.15) is 0 Å². The summed E-state index contributed by atoms with van der Waals surface area (Å²) >= 11 is 0. The molecule has 0 radical (unpaired) electrons. The molecule has 150 valence electrons. The summed E-state index contributed by atoms with van der Waals surface area (Å²) in [4.78, 5) is 18.5. The maximum absolute atomic E-state index is 12.1. The molecule has 27 heavy (non-hydrogen) atoms. The molecule has 0 aliphatic heterocycles. The lowest BCUT2D eigenvalue weighted by Crippen LogP contribution is -2.38. The molecule has 0 aromatic heterocycles. The molecule has 2 N–H and O–H groups in total. The summed E-state index contributed by atoms with van der Waals surface area (Å²) in [6.45, 7) is 7.02. The van der Waals surface area contributed by atoms with Crippen LogP contribution in [0, 0.1) is 11.8 Å². The van der Waals surface area contributed by atoms with Gasteiger partial charge in [0.15, 0.2) is 5.96 Å². The summed E-state index contributed by atoms with van der Waals surface area (Å²) in [6.07, 6.45) is 6.18. The third-order valence-electron chi connectivity index (χ3n) is 5.18. The number of rotatable bonds is 7. The number of amides is 1. The number of guanidine groups is 1. The molecule has 1 aromatic rings. The van der Waals surface area contributed by atoms with Crippen LogP contribution >= 0.6 is 0 Å². The molecule has 1 aliphatic rings. The Kier molecular flexibility index (Phi) is 8.62. The SMILES string of the molecule is CCNC(=NCC1CCCC(C)C1)NCCc1cccc(C(=O)N(C)C)c1. The molecular weight excluding hydrogens is 336 g/mol. The van der Waals surface area contributed by atoms with Crippen LogP contribution in [0.4, 0.5) is 0 Å². The highest BCUT2D eigenvalue weighted by Gasteiger charge is 2.18. The van der Waals surface area contributed by atoms with Gasteiger partial charge >= 0.3 is 0 Å². The first-order valence-corrected chi connectivity index (χ1v) is 10.3. The van der Waals surface area contributed by atoms with E-state index in [2.05, 4.69) is 30.5 Å². The Morgan fingerprint density at radius 2 is 2.07 bits per heavy atom. The number of aliphatic imine (C=N–C) groups is 1. The first kappa shape index (κ1) is 21.3. The van der Waals surface area contributed by atoms with Crippen molar-refractivity contribution in [2.75, 3.05) is 33.7 Å². The highest BCUT2D eigenvalue weighted by atomic mass is 16.2. The number of carbonyl (C=O) groups excluding carboxylic acids is 1. The van der Waals surface area contributed by atoms with Crippen molar-refractivity contribution in [3.63, 3.8) is 0 Å². The van der Waals surface area contributed by atoms with Gasteiger partial charge < -0.3 is 15.5 Å². The van der Waals surface area contributed by atoms with Crippen molar-refractivity contribution in [2.24, 2.45) is 16.8 Å². The van der Waals surface area contributed by atoms with Crippen molar-refractivity contribution in [3.05, 3.63) is 35.4 Å². The molecule has 5 heteroatoms. The van der Waals surface area contributed by atoms with E-state index in [9.17, 15) is 4.79 Å². The van der Waals surface area contributed by atoms with Crippen LogP contribution in [0.15, 0.2) is 29.3 Å². The second kappa shape index (κ2) is 11.0. The smallest absolute Gasteiger partial charge is 0.253 e. The van der Waals surface area contributed by atoms with Crippen LogP contribution in [0.1, 0.15) is 55.5 Å². The van der Waals surface area contributed by atoms with Crippen LogP contribution in [0.5, 0.6) is 0 Å². The van der Waals surface area contributed by atoms with E-state index in [4.69, 9.17) is 4.99 Å². The monoisotopic (exact) mass is 372 g/mol. The average Bonchev–Trinajstić information content (AvgIpc) is 2.65. The van der Waals surface area contributed by atoms with Gasteiger partial charge in [-0.2, -0.15) is 0 Å². The summed E-state index contributed by atoms with van der Waals surface area (Å²) in [5.74, 6) is 2.50. The Morgan fingerprint density at radius 1 is 1.26 bits per heavy atom. The first-order valence-electron chi connectivity index (χ1n) is 10.3. The first-order chi connectivity index (χ1) is 13.0. The third kappa shape index (κ3) is 7.24. The molecule has 1 amide bonds. The summed E-state index contributed by atoms with van der Waals surface area (Å²) in [6, 6.07) is 7.88. The summed E-state index contributed by atoms with van der Waals surface area (Å²) in [7, 11) is 3.56. The predicted molar refractivity (Wildman–Crippen MR) is 113 cm³/mol. The number of carbonyl (C=O) groups is 1. The zero-order valence-electron chi connectivity index (χ0n) is 17.4. The fourth-order valence-corrected chi connectivity index (χ4v) is 3.73. The van der Waals surface area contributed by atoms with Gasteiger partial charge in [0.2, 0.25) is 0 Å². The average molecular weight is 373 g/mol. The summed E-state index contributed by atoms with van der Waals surface area (Å²) in [5.41, 5.74) is 1.90. The molecule has 1 aromatic carbocycles. The quantitative estimate of drug-likeness (QED) is 0.570. The maximum atomic E-state index is 12.1. The highest BCUT2D eigenvalue weighted by molar-refractivity contribution is 5.94. The fraction of sp³-hybridized carbons (Fsp3) is 0.636. The van der Waals surface area contributed by atoms with Crippen LogP contribution < -0.4 is 10.6 Å². The molecule has 1 aliphatic carbocycles. The van der Waals surface area contributed by atoms with Gasteiger partial charge in [-0.3, -0.25) is 9.79 Å². The maximum Gasteiger partial charge on any atom is 0.253 e. The Morgan fingerprint density at radius 3 is 2.78 bits per heavy atom. The standard InChI is InChI=1S/C22H36N4O/c1-5-23-22(25-16-19-10-6-8-17(2)14-19)24-13-12-18-9-7-11-20(15-18)21(27)26(3)4/h7,9,11,15,17,19H,5-6,8,10,12-14,16H2,1-4H3,(H2,23,24,25). The predicted octanol–water partition coefficient (Wildman–Crippen LogP) is 3.31. The van der Waals surface area contributed by atoms with E-state index in [1.165, 1.54) is 25.7 Å². The van der Waals surface area contributed by atoms with Crippen LogP contribution in [0.3, 0.4) is 0 Å². The lowest BCUT2D eigenvalue weighted by Gasteiger charge is -2.25. The normalized spacial score (nSPS) is 20.2. The van der Waals surface area contributed by atoms with Gasteiger partial charge in [0.25, 0.3) is 5.91 Å². The molecule has 0 bridgehead atoms. The van der Waals surface area contributed by atoms with Gasteiger partial charge in [-0.25, -0.2) is 0 Å².